The van der Waals surface area contributed by atoms with E-state index in [0.717, 1.165) is 51.9 Å². The van der Waals surface area contributed by atoms with Crippen molar-refractivity contribution in [2.24, 2.45) is 11.8 Å². The normalized spacial score (nSPS) is 22.3. The first-order chi connectivity index (χ1) is 9.20. The van der Waals surface area contributed by atoms with Crippen LogP contribution in [0.1, 0.15) is 32.1 Å². The standard InChI is InChI=1S/C14H25N3O2/c1-15-13(18)10-11-4-8-17(9-5-11)14(19)12-2-6-16-7-3-12/h11-12,16H,2-10H2,1H3,(H,15,18). The van der Waals surface area contributed by atoms with Gasteiger partial charge in [0.15, 0.2) is 0 Å². The molecule has 0 aromatic rings. The monoisotopic (exact) mass is 267 g/mol. The number of likely N-dealkylation sites (tertiary alicyclic amines) is 1. The first-order valence-electron chi connectivity index (χ1n) is 7.40. The molecule has 19 heavy (non-hydrogen) atoms. The average molecular weight is 267 g/mol. The zero-order valence-corrected chi connectivity index (χ0v) is 11.8. The van der Waals surface area contributed by atoms with Gasteiger partial charge in [-0.05, 0) is 44.7 Å². The molecule has 0 aliphatic carbocycles. The second-order valence-corrected chi connectivity index (χ2v) is 5.67. The quantitative estimate of drug-likeness (QED) is 0.776. The molecule has 2 rings (SSSR count). The van der Waals surface area contributed by atoms with E-state index in [2.05, 4.69) is 10.6 Å². The molecule has 0 atom stereocenters. The van der Waals surface area contributed by atoms with Gasteiger partial charge in [0.1, 0.15) is 0 Å². The lowest BCUT2D eigenvalue weighted by Crippen LogP contribution is -2.45. The highest BCUT2D eigenvalue weighted by Gasteiger charge is 2.29. The number of hydrogen-bond donors (Lipinski definition) is 2. The third-order valence-electron chi connectivity index (χ3n) is 4.37. The van der Waals surface area contributed by atoms with Crippen LogP contribution in [0.4, 0.5) is 0 Å². The Labute approximate surface area is 115 Å². The van der Waals surface area contributed by atoms with Crippen LogP contribution in [0.2, 0.25) is 0 Å². The number of hydrogen-bond acceptors (Lipinski definition) is 3. The Hall–Kier alpha value is -1.10. The highest BCUT2D eigenvalue weighted by atomic mass is 16.2. The van der Waals surface area contributed by atoms with E-state index in [0.29, 0.717) is 18.2 Å². The molecular formula is C14H25N3O2. The van der Waals surface area contributed by atoms with Crippen LogP contribution in [0.3, 0.4) is 0 Å². The molecule has 2 aliphatic rings. The summed E-state index contributed by atoms with van der Waals surface area (Å²) in [6, 6.07) is 0. The van der Waals surface area contributed by atoms with Gasteiger partial charge in [0, 0.05) is 32.5 Å². The van der Waals surface area contributed by atoms with Crippen molar-refractivity contribution >= 4 is 11.8 Å². The summed E-state index contributed by atoms with van der Waals surface area (Å²) >= 11 is 0. The van der Waals surface area contributed by atoms with Gasteiger partial charge in [-0.15, -0.1) is 0 Å². The fourth-order valence-corrected chi connectivity index (χ4v) is 3.05. The van der Waals surface area contributed by atoms with E-state index in [-0.39, 0.29) is 11.8 Å². The molecule has 0 spiro atoms. The Kier molecular flexibility index (Phi) is 5.19. The Morgan fingerprint density at radius 3 is 2.37 bits per heavy atom. The number of piperidine rings is 2. The molecule has 108 valence electrons. The highest BCUT2D eigenvalue weighted by Crippen LogP contribution is 2.23. The summed E-state index contributed by atoms with van der Waals surface area (Å²) in [7, 11) is 1.68. The van der Waals surface area contributed by atoms with Crippen molar-refractivity contribution in [3.63, 3.8) is 0 Å². The molecule has 5 nitrogen and oxygen atoms in total. The minimum Gasteiger partial charge on any atom is -0.359 e. The highest BCUT2D eigenvalue weighted by molar-refractivity contribution is 5.79. The van der Waals surface area contributed by atoms with Gasteiger partial charge in [-0.2, -0.15) is 0 Å². The van der Waals surface area contributed by atoms with Crippen molar-refractivity contribution in [3.05, 3.63) is 0 Å². The van der Waals surface area contributed by atoms with Crippen LogP contribution in [0.25, 0.3) is 0 Å². The maximum Gasteiger partial charge on any atom is 0.225 e. The molecular weight excluding hydrogens is 242 g/mol. The molecule has 2 amide bonds. The van der Waals surface area contributed by atoms with Crippen LogP contribution < -0.4 is 10.6 Å². The summed E-state index contributed by atoms with van der Waals surface area (Å²) in [5.41, 5.74) is 0. The third kappa shape index (κ3) is 3.93. The SMILES string of the molecule is CNC(=O)CC1CCN(C(=O)C2CCNCC2)CC1. The van der Waals surface area contributed by atoms with Crippen molar-refractivity contribution < 1.29 is 9.59 Å². The lowest BCUT2D eigenvalue weighted by molar-refractivity contribution is -0.137. The molecule has 5 heteroatoms. The third-order valence-corrected chi connectivity index (χ3v) is 4.37. The molecule has 0 bridgehead atoms. The molecule has 0 radical (unpaired) electrons. The van der Waals surface area contributed by atoms with E-state index in [1.54, 1.807) is 7.05 Å². The predicted molar refractivity (Wildman–Crippen MR) is 73.6 cm³/mol. The Morgan fingerprint density at radius 2 is 1.79 bits per heavy atom. The van der Waals surface area contributed by atoms with Crippen LogP contribution in [0.15, 0.2) is 0 Å². The van der Waals surface area contributed by atoms with Crippen LogP contribution >= 0.6 is 0 Å². The first kappa shape index (κ1) is 14.3. The molecule has 2 heterocycles. The van der Waals surface area contributed by atoms with Crippen molar-refractivity contribution in [1.82, 2.24) is 15.5 Å². The van der Waals surface area contributed by atoms with Crippen LogP contribution in [-0.4, -0.2) is 49.9 Å². The van der Waals surface area contributed by atoms with E-state index >= 15 is 0 Å². The number of carbonyl (C=O) groups is 2. The minimum atomic E-state index is 0.114. The van der Waals surface area contributed by atoms with Gasteiger partial charge < -0.3 is 15.5 Å². The Morgan fingerprint density at radius 1 is 1.16 bits per heavy atom. The van der Waals surface area contributed by atoms with Gasteiger partial charge in [-0.1, -0.05) is 0 Å². The second kappa shape index (κ2) is 6.89. The summed E-state index contributed by atoms with van der Waals surface area (Å²) in [5, 5.41) is 5.96. The second-order valence-electron chi connectivity index (χ2n) is 5.67. The molecule has 0 aromatic carbocycles. The topological polar surface area (TPSA) is 61.4 Å². The number of carbonyl (C=O) groups excluding carboxylic acids is 2. The van der Waals surface area contributed by atoms with Gasteiger partial charge in [0.2, 0.25) is 11.8 Å². The van der Waals surface area contributed by atoms with Crippen molar-refractivity contribution in [2.45, 2.75) is 32.1 Å². The van der Waals surface area contributed by atoms with E-state index in [1.165, 1.54) is 0 Å². The summed E-state index contributed by atoms with van der Waals surface area (Å²) in [4.78, 5) is 25.7. The van der Waals surface area contributed by atoms with E-state index in [9.17, 15) is 9.59 Å². The lowest BCUT2D eigenvalue weighted by Gasteiger charge is -2.35. The van der Waals surface area contributed by atoms with Crippen LogP contribution in [0.5, 0.6) is 0 Å². The van der Waals surface area contributed by atoms with E-state index in [1.807, 2.05) is 4.90 Å². The Balaban J connectivity index is 1.76. The van der Waals surface area contributed by atoms with Crippen molar-refractivity contribution in [2.75, 3.05) is 33.2 Å². The van der Waals surface area contributed by atoms with Crippen molar-refractivity contribution in [3.8, 4) is 0 Å². The number of amides is 2. The molecule has 0 aromatic heterocycles. The van der Waals surface area contributed by atoms with Crippen LogP contribution in [-0.2, 0) is 9.59 Å². The van der Waals surface area contributed by atoms with Gasteiger partial charge in [0.05, 0.1) is 0 Å². The summed E-state index contributed by atoms with van der Waals surface area (Å²) in [5.74, 6) is 1.11. The van der Waals surface area contributed by atoms with Gasteiger partial charge in [-0.3, -0.25) is 9.59 Å². The summed E-state index contributed by atoms with van der Waals surface area (Å²) in [6.07, 6.45) is 4.47. The zero-order valence-electron chi connectivity index (χ0n) is 11.8. The fourth-order valence-electron chi connectivity index (χ4n) is 3.05. The molecule has 2 saturated heterocycles. The van der Waals surface area contributed by atoms with E-state index < -0.39 is 0 Å². The number of rotatable bonds is 3. The smallest absolute Gasteiger partial charge is 0.225 e. The molecule has 2 N–H and O–H groups in total. The lowest BCUT2D eigenvalue weighted by atomic mass is 9.91. The largest absolute Gasteiger partial charge is 0.359 e. The first-order valence-corrected chi connectivity index (χ1v) is 7.40. The van der Waals surface area contributed by atoms with Gasteiger partial charge >= 0.3 is 0 Å². The average Bonchev–Trinajstić information content (AvgIpc) is 2.48. The van der Waals surface area contributed by atoms with Crippen molar-refractivity contribution in [1.29, 1.82) is 0 Å². The number of nitrogens with one attached hydrogen (secondary N) is 2. The zero-order chi connectivity index (χ0) is 13.7. The van der Waals surface area contributed by atoms with Gasteiger partial charge in [-0.25, -0.2) is 0 Å². The Bertz CT molecular complexity index is 319. The maximum absolute atomic E-state index is 12.4. The summed E-state index contributed by atoms with van der Waals surface area (Å²) in [6.45, 7) is 3.57. The fraction of sp³-hybridized carbons (Fsp3) is 0.857. The van der Waals surface area contributed by atoms with E-state index in [4.69, 9.17) is 0 Å². The molecule has 0 saturated carbocycles. The maximum atomic E-state index is 12.4. The summed E-state index contributed by atoms with van der Waals surface area (Å²) < 4.78 is 0. The molecule has 0 unspecified atom stereocenters. The molecule has 2 fully saturated rings. The van der Waals surface area contributed by atoms with Gasteiger partial charge in [0.25, 0.3) is 0 Å². The minimum absolute atomic E-state index is 0.114. The molecule has 2 aliphatic heterocycles. The van der Waals surface area contributed by atoms with Crippen LogP contribution in [0, 0.1) is 11.8 Å². The predicted octanol–water partition coefficient (Wildman–Crippen LogP) is 0.361. The number of nitrogens with zero attached hydrogens (tertiary/aromatic N) is 1.